The first kappa shape index (κ1) is 12.2. The van der Waals surface area contributed by atoms with E-state index in [1.165, 1.54) is 38.5 Å². The molecule has 0 radical (unpaired) electrons. The molecule has 2 rings (SSSR count). The lowest BCUT2D eigenvalue weighted by Crippen LogP contribution is -2.13. The lowest BCUT2D eigenvalue weighted by Gasteiger charge is -2.16. The van der Waals surface area contributed by atoms with Crippen LogP contribution < -0.4 is 5.73 Å². The van der Waals surface area contributed by atoms with Crippen LogP contribution in [0.25, 0.3) is 0 Å². The molecule has 0 saturated heterocycles. The van der Waals surface area contributed by atoms with E-state index < -0.39 is 0 Å². The van der Waals surface area contributed by atoms with E-state index in [9.17, 15) is 0 Å². The standard InChI is InChI=1S/C12H20IN3/c1-2-9-4-3-5-10(7-6-9)16-12(14)11(13)8-15-16/h8-10H,2-7,14H2,1H3. The maximum Gasteiger partial charge on any atom is 0.135 e. The zero-order valence-corrected chi connectivity index (χ0v) is 12.0. The molecule has 0 amide bonds. The summed E-state index contributed by atoms with van der Waals surface area (Å²) in [4.78, 5) is 0. The van der Waals surface area contributed by atoms with Gasteiger partial charge in [0.05, 0.1) is 15.8 Å². The van der Waals surface area contributed by atoms with Gasteiger partial charge in [0, 0.05) is 0 Å². The zero-order valence-electron chi connectivity index (χ0n) is 9.82. The fourth-order valence-corrected chi connectivity index (χ4v) is 3.03. The normalized spacial score (nSPS) is 26.6. The fraction of sp³-hybridized carbons (Fsp3) is 0.750. The van der Waals surface area contributed by atoms with Crippen LogP contribution in [0.15, 0.2) is 6.20 Å². The third kappa shape index (κ3) is 2.52. The molecule has 2 atom stereocenters. The smallest absolute Gasteiger partial charge is 0.135 e. The van der Waals surface area contributed by atoms with Gasteiger partial charge in [-0.2, -0.15) is 5.10 Å². The highest BCUT2D eigenvalue weighted by atomic mass is 127. The third-order valence-corrected chi connectivity index (χ3v) is 4.60. The minimum absolute atomic E-state index is 0.528. The van der Waals surface area contributed by atoms with Gasteiger partial charge in [0.25, 0.3) is 0 Å². The highest BCUT2D eigenvalue weighted by Gasteiger charge is 2.21. The molecule has 4 heteroatoms. The van der Waals surface area contributed by atoms with Crippen LogP contribution in [0.1, 0.15) is 51.5 Å². The van der Waals surface area contributed by atoms with Crippen LogP contribution in [-0.2, 0) is 0 Å². The molecule has 1 heterocycles. The molecule has 1 aliphatic rings. The molecule has 1 aromatic rings. The van der Waals surface area contributed by atoms with E-state index in [2.05, 4.69) is 34.6 Å². The first-order valence-corrected chi connectivity index (χ1v) is 7.28. The van der Waals surface area contributed by atoms with Gasteiger partial charge in [0.1, 0.15) is 5.82 Å². The molecule has 2 N–H and O–H groups in total. The highest BCUT2D eigenvalue weighted by Crippen LogP contribution is 2.33. The first-order valence-electron chi connectivity index (χ1n) is 6.20. The Bertz CT molecular complexity index is 348. The van der Waals surface area contributed by atoms with Gasteiger partial charge < -0.3 is 5.73 Å². The number of nitrogens with two attached hydrogens (primary N) is 1. The Hall–Kier alpha value is -0.260. The molecule has 1 fully saturated rings. The third-order valence-electron chi connectivity index (χ3n) is 3.77. The molecule has 90 valence electrons. The van der Waals surface area contributed by atoms with Crippen LogP contribution in [0.5, 0.6) is 0 Å². The van der Waals surface area contributed by atoms with Crippen LogP contribution in [0.4, 0.5) is 5.82 Å². The maximum atomic E-state index is 6.04. The van der Waals surface area contributed by atoms with Gasteiger partial charge in [-0.05, 0) is 47.8 Å². The molecule has 0 bridgehead atoms. The Morgan fingerprint density at radius 2 is 2.25 bits per heavy atom. The van der Waals surface area contributed by atoms with Crippen molar-refractivity contribution in [1.29, 1.82) is 0 Å². The summed E-state index contributed by atoms with van der Waals surface area (Å²) in [6, 6.07) is 0.528. The number of hydrogen-bond donors (Lipinski definition) is 1. The summed E-state index contributed by atoms with van der Waals surface area (Å²) >= 11 is 2.25. The van der Waals surface area contributed by atoms with Crippen molar-refractivity contribution in [3.63, 3.8) is 0 Å². The summed E-state index contributed by atoms with van der Waals surface area (Å²) in [7, 11) is 0. The summed E-state index contributed by atoms with van der Waals surface area (Å²) in [5, 5.41) is 4.42. The quantitative estimate of drug-likeness (QED) is 0.664. The second-order valence-corrected chi connectivity index (χ2v) is 5.92. The largest absolute Gasteiger partial charge is 0.383 e. The van der Waals surface area contributed by atoms with Crippen LogP contribution >= 0.6 is 22.6 Å². The number of hydrogen-bond acceptors (Lipinski definition) is 2. The molecule has 0 aliphatic heterocycles. The molecule has 3 nitrogen and oxygen atoms in total. The van der Waals surface area contributed by atoms with Crippen molar-refractivity contribution in [2.75, 3.05) is 5.73 Å². The molecular weight excluding hydrogens is 313 g/mol. The van der Waals surface area contributed by atoms with Crippen LogP contribution in [0, 0.1) is 9.49 Å². The summed E-state index contributed by atoms with van der Waals surface area (Å²) in [5.74, 6) is 1.77. The number of nitrogens with zero attached hydrogens (tertiary/aromatic N) is 2. The van der Waals surface area contributed by atoms with Crippen LogP contribution in [0.3, 0.4) is 0 Å². The molecule has 0 spiro atoms. The molecule has 1 aliphatic carbocycles. The first-order chi connectivity index (χ1) is 7.72. The van der Waals surface area contributed by atoms with Gasteiger partial charge in [-0.3, -0.25) is 0 Å². The van der Waals surface area contributed by atoms with E-state index in [-0.39, 0.29) is 0 Å². The summed E-state index contributed by atoms with van der Waals surface area (Å²) in [6.07, 6.45) is 9.69. The molecule has 2 unspecified atom stereocenters. The lowest BCUT2D eigenvalue weighted by atomic mass is 9.98. The lowest BCUT2D eigenvalue weighted by molar-refractivity contribution is 0.394. The fourth-order valence-electron chi connectivity index (χ4n) is 2.65. The predicted octanol–water partition coefficient (Wildman–Crippen LogP) is 3.60. The Balaban J connectivity index is 2.07. The molecule has 16 heavy (non-hydrogen) atoms. The van der Waals surface area contributed by atoms with Crippen molar-refractivity contribution in [1.82, 2.24) is 9.78 Å². The SMILES string of the molecule is CCC1CCCC(n2ncc(I)c2N)CC1. The van der Waals surface area contributed by atoms with E-state index in [0.29, 0.717) is 6.04 Å². The monoisotopic (exact) mass is 333 g/mol. The Kier molecular flexibility index (Phi) is 4.10. The topological polar surface area (TPSA) is 43.8 Å². The average molecular weight is 333 g/mol. The van der Waals surface area contributed by atoms with Crippen LogP contribution in [0.2, 0.25) is 0 Å². The number of aromatic nitrogens is 2. The average Bonchev–Trinajstić information content (AvgIpc) is 2.55. The highest BCUT2D eigenvalue weighted by molar-refractivity contribution is 14.1. The van der Waals surface area contributed by atoms with E-state index >= 15 is 0 Å². The Labute approximate surface area is 111 Å². The van der Waals surface area contributed by atoms with Crippen molar-refractivity contribution >= 4 is 28.4 Å². The minimum Gasteiger partial charge on any atom is -0.383 e. The van der Waals surface area contributed by atoms with E-state index in [0.717, 1.165) is 15.3 Å². The van der Waals surface area contributed by atoms with Gasteiger partial charge in [0.15, 0.2) is 0 Å². The second-order valence-electron chi connectivity index (χ2n) is 4.76. The molecular formula is C12H20IN3. The van der Waals surface area contributed by atoms with Gasteiger partial charge in [0.2, 0.25) is 0 Å². The summed E-state index contributed by atoms with van der Waals surface area (Å²) < 4.78 is 3.12. The van der Waals surface area contributed by atoms with Crippen molar-refractivity contribution in [3.05, 3.63) is 9.77 Å². The van der Waals surface area contributed by atoms with E-state index in [4.69, 9.17) is 5.73 Å². The summed E-state index contributed by atoms with van der Waals surface area (Å²) in [6.45, 7) is 2.30. The Morgan fingerprint density at radius 1 is 1.44 bits per heavy atom. The van der Waals surface area contributed by atoms with E-state index in [1.54, 1.807) is 0 Å². The van der Waals surface area contributed by atoms with Gasteiger partial charge in [-0.25, -0.2) is 4.68 Å². The predicted molar refractivity (Wildman–Crippen MR) is 75.3 cm³/mol. The van der Waals surface area contributed by atoms with Gasteiger partial charge in [-0.1, -0.05) is 26.2 Å². The van der Waals surface area contributed by atoms with Crippen LogP contribution in [-0.4, -0.2) is 9.78 Å². The number of rotatable bonds is 2. The number of nitrogen functional groups attached to an aromatic ring is 1. The molecule has 1 saturated carbocycles. The molecule has 0 aromatic carbocycles. The van der Waals surface area contributed by atoms with Crippen molar-refractivity contribution in [2.45, 2.75) is 51.5 Å². The Morgan fingerprint density at radius 3 is 2.88 bits per heavy atom. The van der Waals surface area contributed by atoms with Crippen molar-refractivity contribution in [3.8, 4) is 0 Å². The maximum absolute atomic E-state index is 6.04. The molecule has 1 aromatic heterocycles. The van der Waals surface area contributed by atoms with Gasteiger partial charge in [-0.15, -0.1) is 0 Å². The summed E-state index contributed by atoms with van der Waals surface area (Å²) in [5.41, 5.74) is 6.04. The minimum atomic E-state index is 0.528. The van der Waals surface area contributed by atoms with E-state index in [1.807, 2.05) is 10.9 Å². The number of halogens is 1. The number of anilines is 1. The van der Waals surface area contributed by atoms with Crippen molar-refractivity contribution in [2.24, 2.45) is 5.92 Å². The second kappa shape index (κ2) is 5.38. The van der Waals surface area contributed by atoms with Gasteiger partial charge >= 0.3 is 0 Å². The zero-order chi connectivity index (χ0) is 11.5. The van der Waals surface area contributed by atoms with Crippen molar-refractivity contribution < 1.29 is 0 Å².